The van der Waals surface area contributed by atoms with Gasteiger partial charge in [-0.2, -0.15) is 11.8 Å². The summed E-state index contributed by atoms with van der Waals surface area (Å²) >= 11 is 1.74. The van der Waals surface area contributed by atoms with Crippen LogP contribution in [0.5, 0.6) is 0 Å². The van der Waals surface area contributed by atoms with E-state index in [1.165, 1.54) is 6.08 Å². The van der Waals surface area contributed by atoms with Crippen molar-refractivity contribution in [1.29, 1.82) is 0 Å². The Balaban J connectivity index is 2.32. The minimum absolute atomic E-state index is 0.175. The molecule has 1 aliphatic rings. The van der Waals surface area contributed by atoms with Crippen molar-refractivity contribution in [2.75, 3.05) is 12.8 Å². The molecule has 0 radical (unpaired) electrons. The second-order valence-corrected chi connectivity index (χ2v) is 5.40. The minimum Gasteiger partial charge on any atom is -0.480 e. The zero-order chi connectivity index (χ0) is 12.9. The second kappa shape index (κ2) is 5.95. The molecule has 0 saturated heterocycles. The Morgan fingerprint density at radius 2 is 2.24 bits per heavy atom. The highest BCUT2D eigenvalue weighted by Crippen LogP contribution is 2.46. The molecule has 0 aromatic heterocycles. The first-order chi connectivity index (χ1) is 8.03. The molecule has 5 nitrogen and oxygen atoms in total. The van der Waals surface area contributed by atoms with Crippen LogP contribution in [0.3, 0.4) is 0 Å². The van der Waals surface area contributed by atoms with Gasteiger partial charge in [0.05, 0.1) is 0 Å². The molecule has 0 aromatic carbocycles. The Hall–Kier alpha value is -1.17. The molecular formula is C11H18N2O3S. The number of carboxylic acid groups (broad SMARTS) is 1. The topological polar surface area (TPSA) is 78.4 Å². The third kappa shape index (κ3) is 4.30. The summed E-state index contributed by atoms with van der Waals surface area (Å²) < 4.78 is 0.175. The van der Waals surface area contributed by atoms with Crippen molar-refractivity contribution in [2.24, 2.45) is 0 Å². The Labute approximate surface area is 105 Å². The molecule has 0 aliphatic heterocycles. The fraction of sp³-hybridized carbons (Fsp3) is 0.636. The quantitative estimate of drug-likeness (QED) is 0.600. The normalized spacial score (nSPS) is 17.9. The van der Waals surface area contributed by atoms with Gasteiger partial charge in [0.1, 0.15) is 6.04 Å². The molecule has 96 valence electrons. The standard InChI is InChI=1S/C11H18N2O3S/c1-3-4-8(9(14)15)13-10(16)12-7-11(17-2)5-6-11/h3,8H,1,4-7H2,2H3,(H,14,15)(H2,12,13,16). The lowest BCUT2D eigenvalue weighted by Crippen LogP contribution is -2.47. The maximum atomic E-state index is 11.5. The molecule has 3 N–H and O–H groups in total. The van der Waals surface area contributed by atoms with Crippen LogP contribution in [0.15, 0.2) is 12.7 Å². The van der Waals surface area contributed by atoms with Gasteiger partial charge in [0.2, 0.25) is 0 Å². The highest BCUT2D eigenvalue weighted by molar-refractivity contribution is 8.00. The van der Waals surface area contributed by atoms with Crippen LogP contribution >= 0.6 is 11.8 Å². The smallest absolute Gasteiger partial charge is 0.326 e. The lowest BCUT2D eigenvalue weighted by molar-refractivity contribution is -0.139. The van der Waals surface area contributed by atoms with Crippen molar-refractivity contribution >= 4 is 23.8 Å². The van der Waals surface area contributed by atoms with Gasteiger partial charge >= 0.3 is 12.0 Å². The van der Waals surface area contributed by atoms with Gasteiger partial charge < -0.3 is 15.7 Å². The summed E-state index contributed by atoms with van der Waals surface area (Å²) in [6, 6.07) is -1.34. The number of nitrogens with one attached hydrogen (secondary N) is 2. The lowest BCUT2D eigenvalue weighted by atomic mass is 10.2. The SMILES string of the molecule is C=CCC(NC(=O)NCC1(SC)CC1)C(=O)O. The van der Waals surface area contributed by atoms with E-state index in [1.54, 1.807) is 11.8 Å². The Bertz CT molecular complexity index is 316. The first-order valence-corrected chi connectivity index (χ1v) is 6.69. The highest BCUT2D eigenvalue weighted by Gasteiger charge is 2.42. The lowest BCUT2D eigenvalue weighted by Gasteiger charge is -2.16. The van der Waals surface area contributed by atoms with Crippen LogP contribution in [0.1, 0.15) is 19.3 Å². The minimum atomic E-state index is -1.05. The molecule has 1 aliphatic carbocycles. The van der Waals surface area contributed by atoms with Crippen molar-refractivity contribution < 1.29 is 14.7 Å². The van der Waals surface area contributed by atoms with Gasteiger partial charge in [-0.25, -0.2) is 9.59 Å². The summed E-state index contributed by atoms with van der Waals surface area (Å²) in [6.45, 7) is 4.04. The molecule has 6 heteroatoms. The molecule has 1 unspecified atom stereocenters. The van der Waals surface area contributed by atoms with Crippen molar-refractivity contribution in [3.05, 3.63) is 12.7 Å². The number of carbonyl (C=O) groups excluding carboxylic acids is 1. The fourth-order valence-electron chi connectivity index (χ4n) is 1.43. The van der Waals surface area contributed by atoms with Crippen LogP contribution in [0.2, 0.25) is 0 Å². The molecule has 0 bridgehead atoms. The highest BCUT2D eigenvalue weighted by atomic mass is 32.2. The summed E-state index contributed by atoms with van der Waals surface area (Å²) in [4.78, 5) is 22.3. The van der Waals surface area contributed by atoms with Crippen LogP contribution in [-0.2, 0) is 4.79 Å². The molecule has 17 heavy (non-hydrogen) atoms. The molecule has 0 heterocycles. The Kier molecular flexibility index (Phi) is 4.86. The summed E-state index contributed by atoms with van der Waals surface area (Å²) in [7, 11) is 0. The van der Waals surface area contributed by atoms with Crippen LogP contribution < -0.4 is 10.6 Å². The summed E-state index contributed by atoms with van der Waals surface area (Å²) in [5.74, 6) is -1.05. The molecular weight excluding hydrogens is 240 g/mol. The van der Waals surface area contributed by atoms with E-state index in [0.717, 1.165) is 12.8 Å². The predicted octanol–water partition coefficient (Wildman–Crippen LogP) is 1.21. The van der Waals surface area contributed by atoms with Gasteiger partial charge in [-0.05, 0) is 25.5 Å². The van der Waals surface area contributed by atoms with E-state index in [9.17, 15) is 9.59 Å². The summed E-state index contributed by atoms with van der Waals surface area (Å²) in [6.07, 6.45) is 5.91. The van der Waals surface area contributed by atoms with Crippen molar-refractivity contribution in [2.45, 2.75) is 30.1 Å². The van der Waals surface area contributed by atoms with Gasteiger partial charge in [-0.3, -0.25) is 0 Å². The van der Waals surface area contributed by atoms with E-state index < -0.39 is 18.0 Å². The van der Waals surface area contributed by atoms with Crippen LogP contribution in [0, 0.1) is 0 Å². The molecule has 0 aromatic rings. The number of thioether (sulfide) groups is 1. The Morgan fingerprint density at radius 1 is 1.59 bits per heavy atom. The average molecular weight is 258 g/mol. The number of hydrogen-bond acceptors (Lipinski definition) is 3. The zero-order valence-electron chi connectivity index (χ0n) is 9.86. The fourth-order valence-corrected chi connectivity index (χ4v) is 2.16. The summed E-state index contributed by atoms with van der Waals surface area (Å²) in [5.41, 5.74) is 0. The van der Waals surface area contributed by atoms with E-state index in [-0.39, 0.29) is 11.2 Å². The van der Waals surface area contributed by atoms with E-state index in [4.69, 9.17) is 5.11 Å². The monoisotopic (exact) mass is 258 g/mol. The zero-order valence-corrected chi connectivity index (χ0v) is 10.7. The summed E-state index contributed by atoms with van der Waals surface area (Å²) in [5, 5.41) is 14.0. The van der Waals surface area contributed by atoms with Crippen LogP contribution in [0.4, 0.5) is 4.79 Å². The maximum absolute atomic E-state index is 11.5. The van der Waals surface area contributed by atoms with E-state index in [2.05, 4.69) is 17.2 Å². The first-order valence-electron chi connectivity index (χ1n) is 5.46. The number of hydrogen-bond donors (Lipinski definition) is 3. The first kappa shape index (κ1) is 13.9. The van der Waals surface area contributed by atoms with Crippen molar-refractivity contribution in [3.8, 4) is 0 Å². The number of rotatable bonds is 7. The molecule has 2 amide bonds. The van der Waals surface area contributed by atoms with Gasteiger partial charge in [0.15, 0.2) is 0 Å². The van der Waals surface area contributed by atoms with Gasteiger partial charge in [-0.1, -0.05) is 6.08 Å². The third-order valence-electron chi connectivity index (χ3n) is 2.82. The van der Waals surface area contributed by atoms with E-state index >= 15 is 0 Å². The number of urea groups is 1. The number of carboxylic acids is 1. The Morgan fingerprint density at radius 3 is 2.65 bits per heavy atom. The van der Waals surface area contributed by atoms with Gasteiger partial charge in [-0.15, -0.1) is 6.58 Å². The van der Waals surface area contributed by atoms with Gasteiger partial charge in [0, 0.05) is 11.3 Å². The number of amides is 2. The second-order valence-electron chi connectivity index (χ2n) is 4.13. The van der Waals surface area contributed by atoms with Crippen LogP contribution in [0.25, 0.3) is 0 Å². The average Bonchev–Trinajstić information content (AvgIpc) is 3.06. The molecule has 1 saturated carbocycles. The maximum Gasteiger partial charge on any atom is 0.326 e. The number of aliphatic carboxylic acids is 1. The van der Waals surface area contributed by atoms with E-state index in [1.807, 2.05) is 6.26 Å². The number of carbonyl (C=O) groups is 2. The molecule has 1 atom stereocenters. The van der Waals surface area contributed by atoms with Crippen molar-refractivity contribution in [1.82, 2.24) is 10.6 Å². The molecule has 1 fully saturated rings. The van der Waals surface area contributed by atoms with E-state index in [0.29, 0.717) is 6.54 Å². The molecule has 1 rings (SSSR count). The molecule has 0 spiro atoms. The predicted molar refractivity (Wildman–Crippen MR) is 68.3 cm³/mol. The van der Waals surface area contributed by atoms with Crippen LogP contribution in [-0.4, -0.2) is 40.7 Å². The third-order valence-corrected chi connectivity index (χ3v) is 4.24. The van der Waals surface area contributed by atoms with Crippen molar-refractivity contribution in [3.63, 3.8) is 0 Å². The largest absolute Gasteiger partial charge is 0.480 e. The van der Waals surface area contributed by atoms with Gasteiger partial charge in [0.25, 0.3) is 0 Å².